The highest BCUT2D eigenvalue weighted by atomic mass is 16.6. The third-order valence-corrected chi connectivity index (χ3v) is 3.92. The van der Waals surface area contributed by atoms with Gasteiger partial charge in [0.05, 0.1) is 12.1 Å². The minimum Gasteiger partial charge on any atom is -0.459 e. The van der Waals surface area contributed by atoms with Crippen molar-refractivity contribution >= 4 is 12.1 Å². The van der Waals surface area contributed by atoms with Crippen LogP contribution >= 0.6 is 0 Å². The predicted molar refractivity (Wildman–Crippen MR) is 61.6 cm³/mol. The van der Waals surface area contributed by atoms with Gasteiger partial charge >= 0.3 is 12.1 Å². The number of amides is 1. The lowest BCUT2D eigenvalue weighted by atomic mass is 9.97. The molecule has 0 aromatic carbocycles. The standard InChI is InChI=1S/C12H18N2O4/c1-12(2,3)18-11(16)14-6-4-5-8(14)10(15)17-9(5)7(6)13/h5-9H,4,13H2,1-3H3/t5-,6+,7+,8+,9+/m1/s1. The number of nitrogens with zero attached hydrogens (tertiary/aromatic N) is 1. The third-order valence-electron chi connectivity index (χ3n) is 3.92. The Hall–Kier alpha value is -1.30. The Bertz CT molecular complexity index is 417. The molecule has 0 spiro atoms. The zero-order valence-corrected chi connectivity index (χ0v) is 10.8. The zero-order valence-electron chi connectivity index (χ0n) is 10.8. The smallest absolute Gasteiger partial charge is 0.411 e. The van der Waals surface area contributed by atoms with Crippen LogP contribution in [0.25, 0.3) is 0 Å². The molecule has 100 valence electrons. The molecule has 6 heteroatoms. The summed E-state index contributed by atoms with van der Waals surface area (Å²) < 4.78 is 10.6. The van der Waals surface area contributed by atoms with E-state index in [2.05, 4.69) is 0 Å². The van der Waals surface area contributed by atoms with Gasteiger partial charge in [0.1, 0.15) is 17.7 Å². The van der Waals surface area contributed by atoms with Gasteiger partial charge in [0.2, 0.25) is 0 Å². The Kier molecular flexibility index (Phi) is 2.21. The normalized spacial score (nSPS) is 41.2. The van der Waals surface area contributed by atoms with E-state index in [0.717, 1.165) is 6.42 Å². The van der Waals surface area contributed by atoms with E-state index >= 15 is 0 Å². The number of esters is 1. The summed E-state index contributed by atoms with van der Waals surface area (Å²) >= 11 is 0. The number of fused-ring (bicyclic) bond motifs is 1. The molecule has 5 atom stereocenters. The highest BCUT2D eigenvalue weighted by Crippen LogP contribution is 2.48. The van der Waals surface area contributed by atoms with Crippen molar-refractivity contribution in [1.82, 2.24) is 4.90 Å². The number of piperidine rings is 1. The molecule has 2 heterocycles. The van der Waals surface area contributed by atoms with Crippen LogP contribution in [0.2, 0.25) is 0 Å². The van der Waals surface area contributed by atoms with Crippen molar-refractivity contribution in [2.24, 2.45) is 11.7 Å². The van der Waals surface area contributed by atoms with Crippen LogP contribution in [-0.2, 0) is 14.3 Å². The van der Waals surface area contributed by atoms with Crippen LogP contribution in [0.15, 0.2) is 0 Å². The van der Waals surface area contributed by atoms with Crippen LogP contribution in [0.5, 0.6) is 0 Å². The molecule has 1 amide bonds. The minimum absolute atomic E-state index is 0.0463. The van der Waals surface area contributed by atoms with Crippen molar-refractivity contribution in [1.29, 1.82) is 0 Å². The van der Waals surface area contributed by atoms with Gasteiger partial charge in [-0.3, -0.25) is 4.90 Å². The lowest BCUT2D eigenvalue weighted by molar-refractivity contribution is -0.143. The van der Waals surface area contributed by atoms with E-state index in [1.54, 1.807) is 20.8 Å². The van der Waals surface area contributed by atoms with Gasteiger partial charge in [0.15, 0.2) is 0 Å². The lowest BCUT2D eigenvalue weighted by Crippen LogP contribution is -2.56. The van der Waals surface area contributed by atoms with Gasteiger partial charge in [-0.25, -0.2) is 9.59 Å². The summed E-state index contributed by atoms with van der Waals surface area (Å²) in [6.07, 6.45) is 0.0560. The summed E-state index contributed by atoms with van der Waals surface area (Å²) in [5, 5.41) is 0. The van der Waals surface area contributed by atoms with Gasteiger partial charge in [-0.05, 0) is 27.2 Å². The average molecular weight is 254 g/mol. The van der Waals surface area contributed by atoms with E-state index in [4.69, 9.17) is 15.2 Å². The molecule has 0 radical (unpaired) electrons. The molecule has 1 saturated carbocycles. The Labute approximate surface area is 105 Å². The van der Waals surface area contributed by atoms with E-state index in [0.29, 0.717) is 0 Å². The summed E-state index contributed by atoms with van der Waals surface area (Å²) in [7, 11) is 0. The van der Waals surface area contributed by atoms with Crippen LogP contribution in [0.3, 0.4) is 0 Å². The molecular formula is C12H18N2O4. The molecule has 6 nitrogen and oxygen atoms in total. The predicted octanol–water partition coefficient (Wildman–Crippen LogP) is 0.247. The second kappa shape index (κ2) is 3.38. The van der Waals surface area contributed by atoms with Crippen molar-refractivity contribution in [3.05, 3.63) is 0 Å². The molecule has 2 N–H and O–H groups in total. The Morgan fingerprint density at radius 3 is 2.78 bits per heavy atom. The first kappa shape index (κ1) is 11.8. The van der Waals surface area contributed by atoms with Crippen molar-refractivity contribution < 1.29 is 19.1 Å². The minimum atomic E-state index is -0.578. The molecule has 0 aromatic heterocycles. The monoisotopic (exact) mass is 254 g/mol. The van der Waals surface area contributed by atoms with Gasteiger partial charge in [-0.2, -0.15) is 0 Å². The maximum absolute atomic E-state index is 12.2. The second-order valence-corrected chi connectivity index (χ2v) is 6.28. The van der Waals surface area contributed by atoms with E-state index < -0.39 is 17.7 Å². The lowest BCUT2D eigenvalue weighted by Gasteiger charge is -2.34. The number of ether oxygens (including phenoxy) is 2. The Morgan fingerprint density at radius 1 is 1.50 bits per heavy atom. The molecule has 18 heavy (non-hydrogen) atoms. The van der Waals surface area contributed by atoms with Gasteiger partial charge in [0, 0.05) is 5.92 Å². The number of likely N-dealkylation sites (tertiary alicyclic amines) is 1. The molecular weight excluding hydrogens is 236 g/mol. The summed E-state index contributed by atoms with van der Waals surface area (Å²) in [4.78, 5) is 25.5. The molecule has 3 fully saturated rings. The fourth-order valence-corrected chi connectivity index (χ4v) is 3.32. The molecule has 2 bridgehead atoms. The number of rotatable bonds is 0. The molecule has 0 unspecified atom stereocenters. The van der Waals surface area contributed by atoms with Crippen LogP contribution in [0.4, 0.5) is 4.79 Å². The fraction of sp³-hybridized carbons (Fsp3) is 0.833. The van der Waals surface area contributed by atoms with E-state index in [1.165, 1.54) is 4.90 Å². The Balaban J connectivity index is 1.85. The summed E-state index contributed by atoms with van der Waals surface area (Å²) in [6.45, 7) is 5.40. The quantitative estimate of drug-likeness (QED) is 0.626. The molecule has 0 aromatic rings. The van der Waals surface area contributed by atoms with E-state index in [-0.39, 0.29) is 30.1 Å². The third kappa shape index (κ3) is 1.44. The van der Waals surface area contributed by atoms with Crippen LogP contribution in [-0.4, -0.2) is 46.8 Å². The largest absolute Gasteiger partial charge is 0.459 e. The van der Waals surface area contributed by atoms with Crippen LogP contribution in [0, 0.1) is 5.92 Å². The van der Waals surface area contributed by atoms with Crippen LogP contribution < -0.4 is 5.73 Å². The van der Waals surface area contributed by atoms with Gasteiger partial charge < -0.3 is 15.2 Å². The topological polar surface area (TPSA) is 81.9 Å². The number of carbonyl (C=O) groups is 2. The first-order chi connectivity index (χ1) is 8.29. The highest BCUT2D eigenvalue weighted by Gasteiger charge is 2.66. The fourth-order valence-electron chi connectivity index (χ4n) is 3.32. The molecule has 3 aliphatic rings. The van der Waals surface area contributed by atoms with Gasteiger partial charge in [0.25, 0.3) is 0 Å². The SMILES string of the molecule is CC(C)(C)OC(=O)N1[C@@H]2C(=O)O[C@@H]3[C@@H](N)[C@@H]1C[C@@H]32. The van der Waals surface area contributed by atoms with E-state index in [9.17, 15) is 9.59 Å². The first-order valence-electron chi connectivity index (χ1n) is 6.27. The van der Waals surface area contributed by atoms with Crippen molar-refractivity contribution in [3.8, 4) is 0 Å². The molecule has 3 rings (SSSR count). The number of carbonyl (C=O) groups excluding carboxylic acids is 2. The molecule has 1 aliphatic carbocycles. The number of hydrogen-bond donors (Lipinski definition) is 1. The van der Waals surface area contributed by atoms with Crippen LogP contribution in [0.1, 0.15) is 27.2 Å². The van der Waals surface area contributed by atoms with Gasteiger partial charge in [-0.15, -0.1) is 0 Å². The molecule has 2 aliphatic heterocycles. The maximum atomic E-state index is 12.2. The zero-order chi connectivity index (χ0) is 13.2. The first-order valence-corrected chi connectivity index (χ1v) is 6.27. The number of nitrogens with two attached hydrogens (primary N) is 1. The number of hydrogen-bond acceptors (Lipinski definition) is 5. The highest BCUT2D eigenvalue weighted by molar-refractivity contribution is 5.86. The Morgan fingerprint density at radius 2 is 2.17 bits per heavy atom. The van der Waals surface area contributed by atoms with Gasteiger partial charge in [-0.1, -0.05) is 0 Å². The summed E-state index contributed by atoms with van der Waals surface area (Å²) in [5.74, 6) is -0.295. The van der Waals surface area contributed by atoms with E-state index in [1.807, 2.05) is 0 Å². The second-order valence-electron chi connectivity index (χ2n) is 6.28. The summed E-state index contributed by atoms with van der Waals surface area (Å²) in [5.41, 5.74) is 5.45. The average Bonchev–Trinajstić information content (AvgIpc) is 2.78. The van der Waals surface area contributed by atoms with Crippen molar-refractivity contribution in [2.45, 2.75) is 57.0 Å². The van der Waals surface area contributed by atoms with Crippen molar-refractivity contribution in [3.63, 3.8) is 0 Å². The van der Waals surface area contributed by atoms with Crippen molar-refractivity contribution in [2.75, 3.05) is 0 Å². The summed E-state index contributed by atoms with van der Waals surface area (Å²) in [6, 6.07) is -0.911. The maximum Gasteiger partial charge on any atom is 0.411 e. The molecule has 2 saturated heterocycles.